The van der Waals surface area contributed by atoms with Gasteiger partial charge in [0.05, 0.1) is 0 Å². The Morgan fingerprint density at radius 3 is 3.00 bits per heavy atom. The van der Waals surface area contributed by atoms with E-state index in [-0.39, 0.29) is 4.99 Å². The van der Waals surface area contributed by atoms with Gasteiger partial charge in [-0.2, -0.15) is 0 Å². The van der Waals surface area contributed by atoms with Gasteiger partial charge < -0.3 is 16.0 Å². The zero-order chi connectivity index (χ0) is 13.0. The lowest BCUT2D eigenvalue weighted by molar-refractivity contribution is 0.194. The highest BCUT2D eigenvalue weighted by molar-refractivity contribution is 7.80. The molecule has 6 heteroatoms. The summed E-state index contributed by atoms with van der Waals surface area (Å²) in [5.41, 5.74) is 6.20. The molecule has 1 aliphatic rings. The van der Waals surface area contributed by atoms with E-state index in [0.29, 0.717) is 17.6 Å². The van der Waals surface area contributed by atoms with E-state index < -0.39 is 0 Å². The molecule has 1 aromatic heterocycles. The number of nitrogens with zero attached hydrogens (tertiary/aromatic N) is 3. The first-order valence-corrected chi connectivity index (χ1v) is 6.64. The fourth-order valence-corrected chi connectivity index (χ4v) is 2.41. The molecule has 0 radical (unpaired) electrons. The van der Waals surface area contributed by atoms with Gasteiger partial charge in [-0.1, -0.05) is 18.6 Å². The number of piperidine rings is 1. The minimum absolute atomic E-state index is 0.280. The SMILES string of the molecule is CN1CCCCC1CNc1nccnc1C(N)=S. The highest BCUT2D eigenvalue weighted by Crippen LogP contribution is 2.16. The van der Waals surface area contributed by atoms with Crippen LogP contribution in [0.3, 0.4) is 0 Å². The van der Waals surface area contributed by atoms with E-state index >= 15 is 0 Å². The molecule has 1 aliphatic heterocycles. The van der Waals surface area contributed by atoms with Gasteiger partial charge in [-0.05, 0) is 26.4 Å². The van der Waals surface area contributed by atoms with Crippen LogP contribution in [0, 0.1) is 0 Å². The minimum atomic E-state index is 0.280. The van der Waals surface area contributed by atoms with Gasteiger partial charge in [0.15, 0.2) is 5.82 Å². The lowest BCUT2D eigenvalue weighted by atomic mass is 10.0. The molecule has 0 amide bonds. The smallest absolute Gasteiger partial charge is 0.155 e. The van der Waals surface area contributed by atoms with Gasteiger partial charge in [0.1, 0.15) is 10.7 Å². The topological polar surface area (TPSA) is 67.1 Å². The Morgan fingerprint density at radius 2 is 2.28 bits per heavy atom. The normalized spacial score (nSPS) is 20.6. The quantitative estimate of drug-likeness (QED) is 0.792. The number of likely N-dealkylation sites (N-methyl/N-ethyl adjacent to an activating group) is 1. The van der Waals surface area contributed by atoms with Crippen molar-refractivity contribution < 1.29 is 0 Å². The molecule has 2 rings (SSSR count). The van der Waals surface area contributed by atoms with Crippen LogP contribution < -0.4 is 11.1 Å². The van der Waals surface area contributed by atoms with Crippen LogP contribution in [0.4, 0.5) is 5.82 Å². The standard InChI is InChI=1S/C12H19N5S/c1-17-7-3-2-4-9(17)8-16-12-10(11(13)18)14-5-6-15-12/h5-6,9H,2-4,7-8H2,1H3,(H2,13,18)(H,15,16). The van der Waals surface area contributed by atoms with E-state index in [1.165, 1.54) is 19.3 Å². The van der Waals surface area contributed by atoms with Gasteiger partial charge in [0, 0.05) is 25.0 Å². The molecule has 0 bridgehead atoms. The molecule has 0 saturated carbocycles. The maximum absolute atomic E-state index is 5.63. The van der Waals surface area contributed by atoms with Gasteiger partial charge >= 0.3 is 0 Å². The molecule has 0 spiro atoms. The van der Waals surface area contributed by atoms with E-state index in [1.807, 2.05) is 0 Å². The Morgan fingerprint density at radius 1 is 1.50 bits per heavy atom. The van der Waals surface area contributed by atoms with Gasteiger partial charge in [0.2, 0.25) is 0 Å². The highest BCUT2D eigenvalue weighted by atomic mass is 32.1. The van der Waals surface area contributed by atoms with Crippen molar-refractivity contribution in [1.29, 1.82) is 0 Å². The maximum Gasteiger partial charge on any atom is 0.155 e. The Bertz CT molecular complexity index is 423. The van der Waals surface area contributed by atoms with E-state index in [0.717, 1.165) is 13.1 Å². The molecule has 2 heterocycles. The number of nitrogens with two attached hydrogens (primary N) is 1. The second-order valence-electron chi connectivity index (χ2n) is 4.63. The number of rotatable bonds is 4. The number of thiocarbonyl (C=S) groups is 1. The Hall–Kier alpha value is -1.27. The predicted molar refractivity (Wildman–Crippen MR) is 76.7 cm³/mol. The second kappa shape index (κ2) is 6.06. The van der Waals surface area contributed by atoms with Crippen molar-refractivity contribution in [3.8, 4) is 0 Å². The molecule has 1 saturated heterocycles. The summed E-state index contributed by atoms with van der Waals surface area (Å²) < 4.78 is 0. The summed E-state index contributed by atoms with van der Waals surface area (Å²) in [7, 11) is 2.16. The maximum atomic E-state index is 5.63. The summed E-state index contributed by atoms with van der Waals surface area (Å²) in [6.07, 6.45) is 7.04. The van der Waals surface area contributed by atoms with E-state index in [4.69, 9.17) is 18.0 Å². The first kappa shape index (κ1) is 13.2. The second-order valence-corrected chi connectivity index (χ2v) is 5.07. The molecule has 0 aromatic carbocycles. The lowest BCUT2D eigenvalue weighted by Gasteiger charge is -2.32. The van der Waals surface area contributed by atoms with Crippen LogP contribution >= 0.6 is 12.2 Å². The van der Waals surface area contributed by atoms with Crippen molar-refractivity contribution in [3.05, 3.63) is 18.1 Å². The zero-order valence-electron chi connectivity index (χ0n) is 10.6. The predicted octanol–water partition coefficient (Wildman–Crippen LogP) is 1.01. The van der Waals surface area contributed by atoms with Crippen molar-refractivity contribution in [2.75, 3.05) is 25.5 Å². The first-order valence-electron chi connectivity index (χ1n) is 6.23. The van der Waals surface area contributed by atoms with Crippen molar-refractivity contribution in [2.45, 2.75) is 25.3 Å². The zero-order valence-corrected chi connectivity index (χ0v) is 11.4. The fourth-order valence-electron chi connectivity index (χ4n) is 2.26. The summed E-state index contributed by atoms with van der Waals surface area (Å²) in [6, 6.07) is 0.542. The van der Waals surface area contributed by atoms with Crippen molar-refractivity contribution in [1.82, 2.24) is 14.9 Å². The molecular weight excluding hydrogens is 246 g/mol. The van der Waals surface area contributed by atoms with Crippen LogP contribution in [0.15, 0.2) is 12.4 Å². The molecule has 1 fully saturated rings. The largest absolute Gasteiger partial charge is 0.388 e. The molecule has 18 heavy (non-hydrogen) atoms. The molecule has 5 nitrogen and oxygen atoms in total. The van der Waals surface area contributed by atoms with Crippen LogP contribution in [-0.2, 0) is 0 Å². The third-order valence-corrected chi connectivity index (χ3v) is 3.55. The van der Waals surface area contributed by atoms with Gasteiger partial charge in [-0.3, -0.25) is 0 Å². The Kier molecular flexibility index (Phi) is 4.43. The molecule has 1 unspecified atom stereocenters. The summed E-state index contributed by atoms with van der Waals surface area (Å²) in [5, 5.41) is 3.31. The summed E-state index contributed by atoms with van der Waals surface area (Å²) in [6.45, 7) is 2.01. The van der Waals surface area contributed by atoms with Gasteiger partial charge in [0.25, 0.3) is 0 Å². The molecule has 1 atom stereocenters. The fraction of sp³-hybridized carbons (Fsp3) is 0.583. The molecule has 98 valence electrons. The summed E-state index contributed by atoms with van der Waals surface area (Å²) in [5.74, 6) is 0.684. The summed E-state index contributed by atoms with van der Waals surface area (Å²) in [4.78, 5) is 11.1. The number of nitrogens with one attached hydrogen (secondary N) is 1. The van der Waals surface area contributed by atoms with Crippen LogP contribution in [0.25, 0.3) is 0 Å². The van der Waals surface area contributed by atoms with Gasteiger partial charge in [-0.15, -0.1) is 0 Å². The summed E-state index contributed by atoms with van der Waals surface area (Å²) >= 11 is 4.97. The highest BCUT2D eigenvalue weighted by Gasteiger charge is 2.19. The Balaban J connectivity index is 1.99. The lowest BCUT2D eigenvalue weighted by Crippen LogP contribution is -2.41. The van der Waals surface area contributed by atoms with E-state index in [9.17, 15) is 0 Å². The van der Waals surface area contributed by atoms with Crippen LogP contribution in [-0.4, -0.2) is 46.0 Å². The minimum Gasteiger partial charge on any atom is -0.388 e. The molecule has 1 aromatic rings. The van der Waals surface area contributed by atoms with Crippen molar-refractivity contribution >= 4 is 23.0 Å². The number of likely N-dealkylation sites (tertiary alicyclic amines) is 1. The average molecular weight is 265 g/mol. The molecule has 0 aliphatic carbocycles. The first-order chi connectivity index (χ1) is 8.68. The third kappa shape index (κ3) is 3.14. The Labute approximate surface area is 113 Å². The van der Waals surface area contributed by atoms with Crippen molar-refractivity contribution in [3.63, 3.8) is 0 Å². The van der Waals surface area contributed by atoms with Crippen LogP contribution in [0.5, 0.6) is 0 Å². The van der Waals surface area contributed by atoms with E-state index in [1.54, 1.807) is 12.4 Å². The van der Waals surface area contributed by atoms with Crippen LogP contribution in [0.2, 0.25) is 0 Å². The van der Waals surface area contributed by atoms with E-state index in [2.05, 4.69) is 27.2 Å². The van der Waals surface area contributed by atoms with Crippen LogP contribution in [0.1, 0.15) is 25.0 Å². The number of anilines is 1. The number of hydrogen-bond donors (Lipinski definition) is 2. The third-order valence-electron chi connectivity index (χ3n) is 3.36. The number of aromatic nitrogens is 2. The monoisotopic (exact) mass is 265 g/mol. The molecule has 3 N–H and O–H groups in total. The number of hydrogen-bond acceptors (Lipinski definition) is 5. The van der Waals surface area contributed by atoms with Crippen molar-refractivity contribution in [2.24, 2.45) is 5.73 Å². The molecular formula is C12H19N5S. The van der Waals surface area contributed by atoms with Gasteiger partial charge in [-0.25, -0.2) is 9.97 Å². The average Bonchev–Trinajstić information content (AvgIpc) is 2.38.